The highest BCUT2D eigenvalue weighted by Gasteiger charge is 2.28. The number of fused-ring (bicyclic) bond motifs is 1. The molecule has 1 aliphatic heterocycles. The zero-order valence-electron chi connectivity index (χ0n) is 16.5. The molecule has 2 aromatic rings. The summed E-state index contributed by atoms with van der Waals surface area (Å²) in [5.74, 6) is 2.80. The van der Waals surface area contributed by atoms with Crippen molar-refractivity contribution in [3.8, 4) is 11.5 Å². The molecule has 28 heavy (non-hydrogen) atoms. The molecule has 1 amide bonds. The van der Waals surface area contributed by atoms with Gasteiger partial charge < -0.3 is 9.47 Å². The van der Waals surface area contributed by atoms with E-state index in [4.69, 9.17) is 9.47 Å². The molecule has 1 aromatic heterocycles. The lowest BCUT2D eigenvalue weighted by Crippen LogP contribution is -2.42. The van der Waals surface area contributed by atoms with Crippen molar-refractivity contribution in [2.75, 3.05) is 11.7 Å². The van der Waals surface area contributed by atoms with Gasteiger partial charge in [-0.15, -0.1) is 0 Å². The van der Waals surface area contributed by atoms with Crippen LogP contribution in [0.4, 0.5) is 5.82 Å². The lowest BCUT2D eigenvalue weighted by Gasteiger charge is -2.34. The van der Waals surface area contributed by atoms with Crippen molar-refractivity contribution in [1.29, 1.82) is 0 Å². The van der Waals surface area contributed by atoms with Crippen LogP contribution in [-0.2, 0) is 11.2 Å². The zero-order chi connectivity index (χ0) is 19.3. The van der Waals surface area contributed by atoms with Gasteiger partial charge in [-0.25, -0.2) is 4.98 Å². The minimum absolute atomic E-state index is 0.179. The Hall–Kier alpha value is -2.56. The van der Waals surface area contributed by atoms with Crippen LogP contribution < -0.4 is 14.4 Å². The van der Waals surface area contributed by atoms with Crippen molar-refractivity contribution in [1.82, 2.24) is 4.98 Å². The second-order valence-electron chi connectivity index (χ2n) is 7.94. The van der Waals surface area contributed by atoms with Gasteiger partial charge in [0.1, 0.15) is 5.82 Å². The molecule has 1 fully saturated rings. The number of aromatic nitrogens is 1. The van der Waals surface area contributed by atoms with Crippen LogP contribution >= 0.6 is 0 Å². The van der Waals surface area contributed by atoms with Gasteiger partial charge in [0.25, 0.3) is 0 Å². The fourth-order valence-corrected chi connectivity index (χ4v) is 4.29. The quantitative estimate of drug-likeness (QED) is 0.726. The van der Waals surface area contributed by atoms with E-state index in [1.54, 1.807) is 6.20 Å². The molecule has 1 atom stereocenters. The molecule has 5 nitrogen and oxygen atoms in total. The van der Waals surface area contributed by atoms with E-state index in [1.807, 2.05) is 35.2 Å². The van der Waals surface area contributed by atoms with Gasteiger partial charge in [0.2, 0.25) is 12.7 Å². The SMILES string of the molecule is CC(CC(=O)N(c1ccccn1)C1CCCCC1)Cc1ccc2c(c1)OCO2. The summed E-state index contributed by atoms with van der Waals surface area (Å²) in [6, 6.07) is 12.1. The number of hydrogen-bond acceptors (Lipinski definition) is 4. The maximum absolute atomic E-state index is 13.3. The molecule has 1 aromatic carbocycles. The summed E-state index contributed by atoms with van der Waals surface area (Å²) in [6.07, 6.45) is 8.90. The summed E-state index contributed by atoms with van der Waals surface area (Å²) in [7, 11) is 0. The largest absolute Gasteiger partial charge is 0.454 e. The normalized spacial score (nSPS) is 17.3. The molecule has 0 N–H and O–H groups in total. The van der Waals surface area contributed by atoms with Gasteiger partial charge in [0.15, 0.2) is 11.5 Å². The number of hydrogen-bond donors (Lipinski definition) is 0. The lowest BCUT2D eigenvalue weighted by molar-refractivity contribution is -0.120. The fourth-order valence-electron chi connectivity index (χ4n) is 4.29. The molecule has 1 aliphatic carbocycles. The third kappa shape index (κ3) is 4.29. The molecule has 1 saturated carbocycles. The van der Waals surface area contributed by atoms with Crippen molar-refractivity contribution < 1.29 is 14.3 Å². The highest BCUT2D eigenvalue weighted by atomic mass is 16.7. The van der Waals surface area contributed by atoms with Crippen LogP contribution in [0.5, 0.6) is 11.5 Å². The Bertz CT molecular complexity index is 803. The summed E-state index contributed by atoms with van der Waals surface area (Å²) in [5.41, 5.74) is 1.17. The molecule has 4 rings (SSSR count). The number of carbonyl (C=O) groups is 1. The highest BCUT2D eigenvalue weighted by molar-refractivity contribution is 5.93. The number of rotatable bonds is 6. The van der Waals surface area contributed by atoms with Crippen LogP contribution in [0.1, 0.15) is 51.0 Å². The molecule has 148 valence electrons. The monoisotopic (exact) mass is 380 g/mol. The number of benzene rings is 1. The van der Waals surface area contributed by atoms with Crippen LogP contribution in [0.2, 0.25) is 0 Å². The van der Waals surface area contributed by atoms with Crippen molar-refractivity contribution in [3.63, 3.8) is 0 Å². The van der Waals surface area contributed by atoms with E-state index in [2.05, 4.69) is 18.0 Å². The first kappa shape index (κ1) is 18.8. The van der Waals surface area contributed by atoms with E-state index >= 15 is 0 Å². The van der Waals surface area contributed by atoms with Gasteiger partial charge >= 0.3 is 0 Å². The molecule has 2 aliphatic rings. The van der Waals surface area contributed by atoms with Crippen LogP contribution in [0.3, 0.4) is 0 Å². The van der Waals surface area contributed by atoms with Crippen molar-refractivity contribution >= 4 is 11.7 Å². The highest BCUT2D eigenvalue weighted by Crippen LogP contribution is 2.33. The Morgan fingerprint density at radius 1 is 1.14 bits per heavy atom. The molecular weight excluding hydrogens is 352 g/mol. The molecule has 5 heteroatoms. The van der Waals surface area contributed by atoms with E-state index < -0.39 is 0 Å². The molecule has 0 bridgehead atoms. The van der Waals surface area contributed by atoms with Crippen molar-refractivity contribution in [3.05, 3.63) is 48.2 Å². The Balaban J connectivity index is 1.44. The number of carbonyl (C=O) groups excluding carboxylic acids is 1. The summed E-state index contributed by atoms with van der Waals surface area (Å²) < 4.78 is 10.9. The Morgan fingerprint density at radius 2 is 1.96 bits per heavy atom. The lowest BCUT2D eigenvalue weighted by atomic mass is 9.92. The van der Waals surface area contributed by atoms with Gasteiger partial charge in [0, 0.05) is 18.7 Å². The molecule has 2 heterocycles. The van der Waals surface area contributed by atoms with Crippen LogP contribution in [0, 0.1) is 5.92 Å². The fraction of sp³-hybridized carbons (Fsp3) is 0.478. The van der Waals surface area contributed by atoms with Crippen molar-refractivity contribution in [2.24, 2.45) is 5.92 Å². The van der Waals surface area contributed by atoms with Gasteiger partial charge in [-0.3, -0.25) is 9.69 Å². The molecule has 0 saturated heterocycles. The van der Waals surface area contributed by atoms with E-state index in [1.165, 1.54) is 24.8 Å². The van der Waals surface area contributed by atoms with E-state index in [9.17, 15) is 4.79 Å². The van der Waals surface area contributed by atoms with E-state index in [-0.39, 0.29) is 24.7 Å². The minimum Gasteiger partial charge on any atom is -0.454 e. The predicted molar refractivity (Wildman–Crippen MR) is 109 cm³/mol. The van der Waals surface area contributed by atoms with Gasteiger partial charge in [-0.1, -0.05) is 38.3 Å². The zero-order valence-corrected chi connectivity index (χ0v) is 16.5. The number of amides is 1. The summed E-state index contributed by atoms with van der Waals surface area (Å²) in [6.45, 7) is 2.42. The average molecular weight is 380 g/mol. The van der Waals surface area contributed by atoms with Crippen molar-refractivity contribution in [2.45, 2.75) is 57.9 Å². The maximum atomic E-state index is 13.3. The molecular formula is C23H28N2O3. The van der Waals surface area contributed by atoms with Crippen LogP contribution in [0.15, 0.2) is 42.6 Å². The Labute approximate surface area is 166 Å². The topological polar surface area (TPSA) is 51.7 Å². The summed E-state index contributed by atoms with van der Waals surface area (Å²) in [4.78, 5) is 19.7. The number of anilines is 1. The Morgan fingerprint density at radius 3 is 2.75 bits per heavy atom. The smallest absolute Gasteiger partial charge is 0.231 e. The predicted octanol–water partition coefficient (Wildman–Crippen LogP) is 4.74. The third-order valence-electron chi connectivity index (χ3n) is 5.65. The Kier molecular flexibility index (Phi) is 5.79. The third-order valence-corrected chi connectivity index (χ3v) is 5.65. The number of nitrogens with zero attached hydrogens (tertiary/aromatic N) is 2. The first-order valence-corrected chi connectivity index (χ1v) is 10.3. The van der Waals surface area contributed by atoms with Crippen LogP contribution in [-0.4, -0.2) is 23.7 Å². The van der Waals surface area contributed by atoms with Crippen LogP contribution in [0.25, 0.3) is 0 Å². The second kappa shape index (κ2) is 8.63. The molecule has 1 unspecified atom stereocenters. The maximum Gasteiger partial charge on any atom is 0.231 e. The molecule has 0 radical (unpaired) electrons. The first-order valence-electron chi connectivity index (χ1n) is 10.3. The number of pyridine rings is 1. The van der Waals surface area contributed by atoms with E-state index in [0.29, 0.717) is 6.42 Å². The second-order valence-corrected chi connectivity index (χ2v) is 7.94. The van der Waals surface area contributed by atoms with E-state index in [0.717, 1.165) is 36.6 Å². The summed E-state index contributed by atoms with van der Waals surface area (Å²) in [5, 5.41) is 0. The summed E-state index contributed by atoms with van der Waals surface area (Å²) >= 11 is 0. The molecule has 0 spiro atoms. The van der Waals surface area contributed by atoms with Gasteiger partial charge in [-0.2, -0.15) is 0 Å². The van der Waals surface area contributed by atoms with Gasteiger partial charge in [-0.05, 0) is 55.0 Å². The average Bonchev–Trinajstić information content (AvgIpc) is 3.17. The van der Waals surface area contributed by atoms with Gasteiger partial charge in [0.05, 0.1) is 0 Å². The minimum atomic E-state index is 0.179. The standard InChI is InChI=1S/C23H28N2O3/c1-17(13-18-10-11-20-21(15-18)28-16-27-20)14-23(26)25(19-7-3-2-4-8-19)22-9-5-6-12-24-22/h5-6,9-12,15,17,19H,2-4,7-8,13-14,16H2,1H3. The first-order chi connectivity index (χ1) is 13.7. The number of ether oxygens (including phenoxy) is 2.